The largest absolute Gasteiger partial charge is 0.486 e. The second kappa shape index (κ2) is 10.8. The average Bonchev–Trinajstić information content (AvgIpc) is 3.36. The Kier molecular flexibility index (Phi) is 7.98. The fourth-order valence-electron chi connectivity index (χ4n) is 4.28. The molecule has 7 nitrogen and oxygen atoms in total. The number of ether oxygens (including phenoxy) is 1. The third-order valence-electron chi connectivity index (χ3n) is 6.61. The molecule has 1 amide bonds. The summed E-state index contributed by atoms with van der Waals surface area (Å²) >= 11 is 8.92. The molecular weight excluding hydrogens is 514 g/mol. The van der Waals surface area contributed by atoms with Gasteiger partial charge < -0.3 is 14.6 Å². The Hall–Kier alpha value is -2.54. The fraction of sp³-hybridized carbons (Fsp3) is 0.462. The van der Waals surface area contributed by atoms with Crippen molar-refractivity contribution in [3.63, 3.8) is 0 Å². The quantitative estimate of drug-likeness (QED) is 0.358. The molecule has 1 aliphatic carbocycles. The molecule has 1 aromatic carbocycles. The van der Waals surface area contributed by atoms with Crippen molar-refractivity contribution in [2.45, 2.75) is 58.7 Å². The summed E-state index contributed by atoms with van der Waals surface area (Å²) in [6, 6.07) is 7.81. The van der Waals surface area contributed by atoms with Gasteiger partial charge in [0.15, 0.2) is 11.0 Å². The van der Waals surface area contributed by atoms with Gasteiger partial charge in [-0.1, -0.05) is 44.1 Å². The Morgan fingerprint density at radius 3 is 2.86 bits per heavy atom. The molecule has 2 heterocycles. The van der Waals surface area contributed by atoms with Crippen molar-refractivity contribution in [2.75, 3.05) is 11.1 Å². The van der Waals surface area contributed by atoms with E-state index in [0.29, 0.717) is 38.2 Å². The van der Waals surface area contributed by atoms with Gasteiger partial charge in [-0.3, -0.25) is 4.79 Å². The zero-order valence-electron chi connectivity index (χ0n) is 21.1. The molecule has 0 radical (unpaired) electrons. The number of thiophene rings is 1. The Morgan fingerprint density at radius 2 is 2.17 bits per heavy atom. The number of hydrogen-bond donors (Lipinski definition) is 1. The maximum Gasteiger partial charge on any atom is 0.235 e. The zero-order valence-corrected chi connectivity index (χ0v) is 23.5. The van der Waals surface area contributed by atoms with Crippen LogP contribution in [-0.2, 0) is 31.3 Å². The number of nitrogens with zero attached hydrogens (tertiary/aromatic N) is 4. The topological polar surface area (TPSA) is 92.8 Å². The van der Waals surface area contributed by atoms with Gasteiger partial charge in [-0.25, -0.2) is 0 Å². The van der Waals surface area contributed by atoms with Crippen LogP contribution < -0.4 is 10.1 Å². The summed E-state index contributed by atoms with van der Waals surface area (Å²) in [5.41, 5.74) is 2.90. The number of halogens is 1. The molecule has 1 atom stereocenters. The maximum absolute atomic E-state index is 12.8. The Morgan fingerprint density at radius 1 is 1.39 bits per heavy atom. The van der Waals surface area contributed by atoms with Crippen LogP contribution in [0.15, 0.2) is 23.4 Å². The highest BCUT2D eigenvalue weighted by Gasteiger charge is 2.32. The Balaban J connectivity index is 1.35. The molecule has 0 spiro atoms. The van der Waals surface area contributed by atoms with Crippen LogP contribution in [0.25, 0.3) is 0 Å². The molecule has 10 heteroatoms. The SMILES string of the molecule is Cc1cc(OCc2nnc(SCC(=O)Nc3sc4c(c3C#N)CCC(C(C)(C)C)C4)n2C)ccc1Cl. The van der Waals surface area contributed by atoms with Crippen molar-refractivity contribution < 1.29 is 9.53 Å². The number of benzene rings is 1. The maximum atomic E-state index is 12.8. The summed E-state index contributed by atoms with van der Waals surface area (Å²) in [7, 11) is 1.85. The highest BCUT2D eigenvalue weighted by molar-refractivity contribution is 7.99. The minimum atomic E-state index is -0.167. The molecule has 0 saturated carbocycles. The number of carbonyl (C=O) groups is 1. The number of thioether (sulfide) groups is 1. The van der Waals surface area contributed by atoms with Crippen LogP contribution in [0.1, 0.15) is 54.6 Å². The molecule has 36 heavy (non-hydrogen) atoms. The van der Waals surface area contributed by atoms with Gasteiger partial charge in [-0.15, -0.1) is 21.5 Å². The highest BCUT2D eigenvalue weighted by atomic mass is 35.5. The van der Waals surface area contributed by atoms with Crippen LogP contribution >= 0.6 is 34.7 Å². The van der Waals surface area contributed by atoms with E-state index in [1.165, 1.54) is 16.6 Å². The molecule has 0 aliphatic heterocycles. The number of nitriles is 1. The molecule has 1 unspecified atom stereocenters. The number of carbonyl (C=O) groups excluding carboxylic acids is 1. The molecule has 190 valence electrons. The lowest BCUT2D eigenvalue weighted by Crippen LogP contribution is -2.26. The lowest BCUT2D eigenvalue weighted by Gasteiger charge is -2.33. The predicted octanol–water partition coefficient (Wildman–Crippen LogP) is 6.17. The monoisotopic (exact) mass is 543 g/mol. The van der Waals surface area contributed by atoms with E-state index in [9.17, 15) is 10.1 Å². The molecule has 4 rings (SSSR count). The average molecular weight is 544 g/mol. The third kappa shape index (κ3) is 5.88. The minimum Gasteiger partial charge on any atom is -0.486 e. The van der Waals surface area contributed by atoms with Gasteiger partial charge in [-0.2, -0.15) is 5.26 Å². The number of anilines is 1. The van der Waals surface area contributed by atoms with Gasteiger partial charge in [0.1, 0.15) is 23.4 Å². The van der Waals surface area contributed by atoms with E-state index in [4.69, 9.17) is 16.3 Å². The number of nitrogens with one attached hydrogen (secondary N) is 1. The summed E-state index contributed by atoms with van der Waals surface area (Å²) in [5.74, 6) is 1.93. The summed E-state index contributed by atoms with van der Waals surface area (Å²) in [5, 5.41) is 23.1. The number of aryl methyl sites for hydroxylation is 1. The second-order valence-corrected chi connectivity index (χ2v) is 12.6. The van der Waals surface area contributed by atoms with Crippen LogP contribution in [0.5, 0.6) is 5.75 Å². The Labute approximate surface area is 225 Å². The summed E-state index contributed by atoms with van der Waals surface area (Å²) in [6.07, 6.45) is 2.92. The van der Waals surface area contributed by atoms with Gasteiger partial charge >= 0.3 is 0 Å². The molecule has 0 saturated heterocycles. The van der Waals surface area contributed by atoms with Gasteiger partial charge in [0, 0.05) is 16.9 Å². The fourth-order valence-corrected chi connectivity index (χ4v) is 6.42. The Bertz CT molecular complexity index is 1320. The van der Waals surface area contributed by atoms with Crippen LogP contribution in [0.3, 0.4) is 0 Å². The first kappa shape index (κ1) is 26.5. The molecule has 0 bridgehead atoms. The lowest BCUT2D eigenvalue weighted by atomic mass is 9.72. The van der Waals surface area contributed by atoms with E-state index in [0.717, 1.165) is 30.4 Å². The van der Waals surface area contributed by atoms with Crippen molar-refractivity contribution in [2.24, 2.45) is 18.4 Å². The first-order valence-electron chi connectivity index (χ1n) is 11.8. The van der Waals surface area contributed by atoms with Crippen LogP contribution in [0, 0.1) is 29.6 Å². The molecular formula is C26H30ClN5O2S2. The van der Waals surface area contributed by atoms with Gasteiger partial charge in [-0.05, 0) is 66.8 Å². The van der Waals surface area contributed by atoms with E-state index < -0.39 is 0 Å². The van der Waals surface area contributed by atoms with E-state index in [1.807, 2.05) is 30.7 Å². The van der Waals surface area contributed by atoms with Crippen molar-refractivity contribution in [1.82, 2.24) is 14.8 Å². The lowest BCUT2D eigenvalue weighted by molar-refractivity contribution is -0.113. The standard InChI is InChI=1S/C26H30ClN5O2S2/c1-15-10-17(7-9-20(15)27)34-13-22-30-31-25(32(22)5)35-14-23(33)29-24-19(12-28)18-8-6-16(26(2,3)4)11-21(18)36-24/h7,9-10,16H,6,8,11,13-14H2,1-5H3,(H,29,33). The van der Waals surface area contributed by atoms with Crippen molar-refractivity contribution in [3.05, 3.63) is 50.6 Å². The number of fused-ring (bicyclic) bond motifs is 1. The van der Waals surface area contributed by atoms with Gasteiger partial charge in [0.05, 0.1) is 11.3 Å². The highest BCUT2D eigenvalue weighted by Crippen LogP contribution is 2.44. The normalized spacial score (nSPS) is 15.3. The number of rotatable bonds is 7. The van der Waals surface area contributed by atoms with E-state index >= 15 is 0 Å². The van der Waals surface area contributed by atoms with Crippen LogP contribution in [-0.4, -0.2) is 26.4 Å². The number of hydrogen-bond acceptors (Lipinski definition) is 7. The summed E-state index contributed by atoms with van der Waals surface area (Å²) < 4.78 is 7.64. The number of aromatic nitrogens is 3. The first-order valence-corrected chi connectivity index (χ1v) is 14.0. The van der Waals surface area contributed by atoms with Crippen molar-refractivity contribution in [3.8, 4) is 11.8 Å². The van der Waals surface area contributed by atoms with Crippen LogP contribution in [0.4, 0.5) is 5.00 Å². The van der Waals surface area contributed by atoms with Gasteiger partial charge in [0.25, 0.3) is 0 Å². The zero-order chi connectivity index (χ0) is 26.0. The van der Waals surface area contributed by atoms with Gasteiger partial charge in [0.2, 0.25) is 5.91 Å². The minimum absolute atomic E-state index is 0.167. The predicted molar refractivity (Wildman–Crippen MR) is 145 cm³/mol. The number of amides is 1. The molecule has 2 aromatic heterocycles. The van der Waals surface area contributed by atoms with Crippen molar-refractivity contribution in [1.29, 1.82) is 5.26 Å². The smallest absolute Gasteiger partial charge is 0.235 e. The van der Waals surface area contributed by atoms with Crippen LogP contribution in [0.2, 0.25) is 5.02 Å². The summed E-state index contributed by atoms with van der Waals surface area (Å²) in [4.78, 5) is 14.0. The third-order valence-corrected chi connectivity index (χ3v) is 9.22. The van der Waals surface area contributed by atoms with Crippen molar-refractivity contribution >= 4 is 45.6 Å². The van der Waals surface area contributed by atoms with E-state index in [-0.39, 0.29) is 23.7 Å². The summed E-state index contributed by atoms with van der Waals surface area (Å²) in [6.45, 7) is 8.97. The molecule has 0 fully saturated rings. The van der Waals surface area contributed by atoms with E-state index in [1.54, 1.807) is 17.4 Å². The second-order valence-electron chi connectivity index (χ2n) is 10.1. The molecule has 1 N–H and O–H groups in total. The first-order chi connectivity index (χ1) is 17.1. The van der Waals surface area contributed by atoms with E-state index in [2.05, 4.69) is 42.4 Å². The molecule has 3 aromatic rings. The molecule has 1 aliphatic rings.